The number of pyridine rings is 1. The van der Waals surface area contributed by atoms with Crippen molar-refractivity contribution in [2.24, 2.45) is 0 Å². The standard InChI is InChI=1S/C40H56N8O9/c1-9-55-24-28-44-33-34(26-15-12-13-16-27(26)43-35(33)45-30(50)23-42-37(54)57-38(2,3)4)48(28)25-39(5,6)56-22-20-41-36(53)40(7,8)46-29(49)17-11-10-14-21-47-31(51)18-19-32(47)52/h12-13,15-16,18-19H,9-11,14,17,20-25H2,1-8H3,(H,41,53)(H,42,54)(H,46,49)(H,43,45,50). The summed E-state index contributed by atoms with van der Waals surface area (Å²) in [5.41, 5.74) is -0.908. The first kappa shape index (κ1) is 44.3. The number of nitrogens with one attached hydrogen (secondary N) is 4. The Kier molecular flexibility index (Phi) is 14.9. The lowest BCUT2D eigenvalue weighted by atomic mass is 10.0. The van der Waals surface area contributed by atoms with Gasteiger partial charge in [0.2, 0.25) is 17.7 Å². The van der Waals surface area contributed by atoms with Crippen LogP contribution in [0, 0.1) is 0 Å². The molecular formula is C40H56N8O9. The highest BCUT2D eigenvalue weighted by molar-refractivity contribution is 6.13. The van der Waals surface area contributed by atoms with Gasteiger partial charge in [0.05, 0.1) is 29.8 Å². The number of anilines is 1. The van der Waals surface area contributed by atoms with E-state index in [0.29, 0.717) is 61.3 Å². The van der Waals surface area contributed by atoms with E-state index in [1.165, 1.54) is 17.1 Å². The first-order chi connectivity index (χ1) is 26.8. The number of amides is 6. The van der Waals surface area contributed by atoms with Crippen molar-refractivity contribution in [3.63, 3.8) is 0 Å². The van der Waals surface area contributed by atoms with Gasteiger partial charge in [-0.1, -0.05) is 24.6 Å². The van der Waals surface area contributed by atoms with Crippen LogP contribution in [0.15, 0.2) is 36.4 Å². The third-order valence-electron chi connectivity index (χ3n) is 8.77. The van der Waals surface area contributed by atoms with E-state index in [1.54, 1.807) is 34.6 Å². The summed E-state index contributed by atoms with van der Waals surface area (Å²) in [7, 11) is 0. The molecular weight excluding hydrogens is 736 g/mol. The second-order valence-corrected chi connectivity index (χ2v) is 15.8. The Morgan fingerprint density at radius 2 is 1.56 bits per heavy atom. The van der Waals surface area contributed by atoms with Crippen molar-refractivity contribution < 1.29 is 43.0 Å². The molecule has 2 aromatic heterocycles. The van der Waals surface area contributed by atoms with Gasteiger partial charge in [-0.2, -0.15) is 0 Å². The number of alkyl carbamates (subject to hydrolysis) is 1. The smallest absolute Gasteiger partial charge is 0.408 e. The third kappa shape index (κ3) is 12.8. The Bertz CT molecular complexity index is 1980. The van der Waals surface area contributed by atoms with Crippen LogP contribution < -0.4 is 21.3 Å². The Labute approximate surface area is 332 Å². The van der Waals surface area contributed by atoms with Gasteiger partial charge in [-0.15, -0.1) is 0 Å². The number of imide groups is 1. The van der Waals surface area contributed by atoms with Crippen LogP contribution in [-0.4, -0.2) is 105 Å². The van der Waals surface area contributed by atoms with Crippen LogP contribution in [0.1, 0.15) is 86.9 Å². The summed E-state index contributed by atoms with van der Waals surface area (Å²) in [6.07, 6.45) is 3.75. The largest absolute Gasteiger partial charge is 0.444 e. The molecule has 310 valence electrons. The van der Waals surface area contributed by atoms with Crippen molar-refractivity contribution >= 4 is 63.4 Å². The maximum atomic E-state index is 13.1. The number of para-hydroxylation sites is 1. The highest BCUT2D eigenvalue weighted by Crippen LogP contribution is 2.32. The molecule has 6 amide bonds. The maximum absolute atomic E-state index is 13.1. The lowest BCUT2D eigenvalue weighted by Gasteiger charge is -2.28. The summed E-state index contributed by atoms with van der Waals surface area (Å²) in [4.78, 5) is 85.0. The zero-order valence-corrected chi connectivity index (χ0v) is 34.2. The van der Waals surface area contributed by atoms with E-state index in [1.807, 2.05) is 49.6 Å². The van der Waals surface area contributed by atoms with Crippen LogP contribution in [0.4, 0.5) is 10.6 Å². The zero-order chi connectivity index (χ0) is 42.0. The number of ether oxygens (including phenoxy) is 3. The van der Waals surface area contributed by atoms with Gasteiger partial charge in [0.1, 0.15) is 35.6 Å². The molecule has 0 aliphatic carbocycles. The van der Waals surface area contributed by atoms with Crippen molar-refractivity contribution in [3.8, 4) is 0 Å². The van der Waals surface area contributed by atoms with E-state index in [-0.39, 0.29) is 62.2 Å². The minimum absolute atomic E-state index is 0.169. The predicted molar refractivity (Wildman–Crippen MR) is 213 cm³/mol. The summed E-state index contributed by atoms with van der Waals surface area (Å²) >= 11 is 0. The van der Waals surface area contributed by atoms with E-state index in [9.17, 15) is 28.8 Å². The molecule has 0 atom stereocenters. The fourth-order valence-corrected chi connectivity index (χ4v) is 6.08. The van der Waals surface area contributed by atoms with Crippen LogP contribution in [0.3, 0.4) is 0 Å². The molecule has 0 unspecified atom stereocenters. The average Bonchev–Trinajstić information content (AvgIpc) is 3.64. The highest BCUT2D eigenvalue weighted by atomic mass is 16.6. The zero-order valence-electron chi connectivity index (χ0n) is 34.2. The topological polar surface area (TPSA) is 212 Å². The molecule has 1 aromatic carbocycles. The van der Waals surface area contributed by atoms with Gasteiger partial charge >= 0.3 is 6.09 Å². The molecule has 0 fully saturated rings. The SMILES string of the molecule is CCOCc1nc2c(NC(=O)CNC(=O)OC(C)(C)C)nc3ccccc3c2n1CC(C)(C)OCCNC(=O)C(C)(C)NC(=O)CCCCCN1C(=O)C=CC1=O. The first-order valence-electron chi connectivity index (χ1n) is 19.2. The maximum Gasteiger partial charge on any atom is 0.408 e. The second-order valence-electron chi connectivity index (χ2n) is 15.8. The fourth-order valence-electron chi connectivity index (χ4n) is 6.08. The lowest BCUT2D eigenvalue weighted by Crippen LogP contribution is -2.55. The molecule has 1 aliphatic rings. The van der Waals surface area contributed by atoms with Crippen LogP contribution in [0.5, 0.6) is 0 Å². The lowest BCUT2D eigenvalue weighted by molar-refractivity contribution is -0.137. The average molecular weight is 793 g/mol. The number of carbonyl (C=O) groups is 6. The fraction of sp³-hybridized carbons (Fsp3) is 0.550. The summed E-state index contributed by atoms with van der Waals surface area (Å²) in [5, 5.41) is 11.7. The van der Waals surface area contributed by atoms with E-state index in [2.05, 4.69) is 21.3 Å². The highest BCUT2D eigenvalue weighted by Gasteiger charge is 2.30. The van der Waals surface area contributed by atoms with Gasteiger partial charge in [0.15, 0.2) is 5.82 Å². The van der Waals surface area contributed by atoms with E-state index >= 15 is 0 Å². The monoisotopic (exact) mass is 792 g/mol. The van der Waals surface area contributed by atoms with Gasteiger partial charge in [0.25, 0.3) is 11.8 Å². The van der Waals surface area contributed by atoms with Gasteiger partial charge in [0, 0.05) is 43.7 Å². The number of fused-ring (bicyclic) bond motifs is 3. The Morgan fingerprint density at radius 3 is 2.25 bits per heavy atom. The molecule has 3 aromatic rings. The number of nitrogens with zero attached hydrogens (tertiary/aromatic N) is 4. The minimum Gasteiger partial charge on any atom is -0.444 e. The van der Waals surface area contributed by atoms with Crippen molar-refractivity contribution in [2.75, 3.05) is 38.2 Å². The number of unbranched alkanes of at least 4 members (excludes halogenated alkanes) is 2. The molecule has 3 heterocycles. The normalized spacial score (nSPS) is 13.4. The molecule has 17 heteroatoms. The van der Waals surface area contributed by atoms with Gasteiger partial charge in [-0.25, -0.2) is 14.8 Å². The van der Waals surface area contributed by atoms with Gasteiger partial charge in [-0.05, 0) is 74.3 Å². The Balaban J connectivity index is 1.36. The van der Waals surface area contributed by atoms with Crippen molar-refractivity contribution in [2.45, 2.75) is 111 Å². The number of hydrogen-bond acceptors (Lipinski definition) is 11. The van der Waals surface area contributed by atoms with Gasteiger partial charge < -0.3 is 40.0 Å². The molecule has 4 N–H and O–H groups in total. The van der Waals surface area contributed by atoms with Crippen LogP contribution in [0.2, 0.25) is 0 Å². The van der Waals surface area contributed by atoms with E-state index in [4.69, 9.17) is 24.2 Å². The molecule has 4 rings (SSSR count). The summed E-state index contributed by atoms with van der Waals surface area (Å²) in [6.45, 7) is 15.4. The van der Waals surface area contributed by atoms with Crippen LogP contribution in [0.25, 0.3) is 21.9 Å². The molecule has 1 aliphatic heterocycles. The summed E-state index contributed by atoms with van der Waals surface area (Å²) < 4.78 is 19.3. The van der Waals surface area contributed by atoms with Crippen molar-refractivity contribution in [1.82, 2.24) is 35.4 Å². The summed E-state index contributed by atoms with van der Waals surface area (Å²) in [6, 6.07) is 7.49. The third-order valence-corrected chi connectivity index (χ3v) is 8.77. The number of hydrogen-bond donors (Lipinski definition) is 4. The van der Waals surface area contributed by atoms with E-state index < -0.39 is 28.7 Å². The van der Waals surface area contributed by atoms with Crippen molar-refractivity contribution in [3.05, 3.63) is 42.2 Å². The number of benzene rings is 1. The molecule has 57 heavy (non-hydrogen) atoms. The predicted octanol–water partition coefficient (Wildman–Crippen LogP) is 3.88. The second kappa shape index (κ2) is 19.1. The Morgan fingerprint density at radius 1 is 0.860 bits per heavy atom. The molecule has 0 radical (unpaired) electrons. The van der Waals surface area contributed by atoms with Gasteiger partial charge in [-0.3, -0.25) is 28.9 Å². The van der Waals surface area contributed by atoms with Crippen LogP contribution in [-0.2, 0) is 51.3 Å². The summed E-state index contributed by atoms with van der Waals surface area (Å²) in [5.74, 6) is -1.00. The minimum atomic E-state index is -1.18. The molecule has 0 saturated heterocycles. The first-order valence-corrected chi connectivity index (χ1v) is 19.2. The Hall–Kier alpha value is -5.42. The number of carbonyl (C=O) groups excluding carboxylic acids is 6. The molecule has 0 spiro atoms. The van der Waals surface area contributed by atoms with Crippen LogP contribution >= 0.6 is 0 Å². The van der Waals surface area contributed by atoms with Crippen molar-refractivity contribution in [1.29, 1.82) is 0 Å². The molecule has 0 bridgehead atoms. The van der Waals surface area contributed by atoms with E-state index in [0.717, 1.165) is 5.39 Å². The molecule has 17 nitrogen and oxygen atoms in total. The number of rotatable bonds is 20. The quantitative estimate of drug-likeness (QED) is 0.0953. The number of aromatic nitrogens is 3. The molecule has 0 saturated carbocycles. The number of imidazole rings is 1.